The molecule has 0 unspecified atom stereocenters. The number of ether oxygens (including phenoxy) is 1. The summed E-state index contributed by atoms with van der Waals surface area (Å²) in [7, 11) is -2.02. The zero-order valence-corrected chi connectivity index (χ0v) is 15.0. The number of nitrogens with one attached hydrogen (secondary N) is 1. The van der Waals surface area contributed by atoms with Crippen LogP contribution in [0.1, 0.15) is 26.7 Å². The molecule has 0 fully saturated rings. The van der Waals surface area contributed by atoms with E-state index in [1.807, 2.05) is 0 Å². The molecule has 23 heavy (non-hydrogen) atoms. The van der Waals surface area contributed by atoms with Crippen LogP contribution in [0, 0.1) is 5.92 Å². The van der Waals surface area contributed by atoms with Crippen molar-refractivity contribution in [3.63, 3.8) is 0 Å². The Bertz CT molecular complexity index is 614. The number of anilines is 1. The molecule has 130 valence electrons. The van der Waals surface area contributed by atoms with Crippen molar-refractivity contribution in [2.75, 3.05) is 30.8 Å². The van der Waals surface area contributed by atoms with Crippen molar-refractivity contribution >= 4 is 21.6 Å². The fourth-order valence-electron chi connectivity index (χ4n) is 2.09. The van der Waals surface area contributed by atoms with Gasteiger partial charge < -0.3 is 10.1 Å². The second-order valence-electron chi connectivity index (χ2n) is 5.79. The Morgan fingerprint density at radius 1 is 1.30 bits per heavy atom. The van der Waals surface area contributed by atoms with Gasteiger partial charge in [-0.1, -0.05) is 26.0 Å². The fourth-order valence-corrected chi connectivity index (χ4v) is 3.02. The highest BCUT2D eigenvalue weighted by molar-refractivity contribution is 7.92. The molecule has 0 aromatic heterocycles. The number of carbonyl (C=O) groups is 1. The predicted molar refractivity (Wildman–Crippen MR) is 92.3 cm³/mol. The topological polar surface area (TPSA) is 75.7 Å². The number of amides is 1. The Hall–Kier alpha value is -1.76. The van der Waals surface area contributed by atoms with E-state index in [1.165, 1.54) is 11.4 Å². The minimum atomic E-state index is -3.51. The lowest BCUT2D eigenvalue weighted by Crippen LogP contribution is -2.35. The molecule has 7 heteroatoms. The summed E-state index contributed by atoms with van der Waals surface area (Å²) in [6.45, 7) is 4.84. The molecule has 0 radical (unpaired) electrons. The van der Waals surface area contributed by atoms with Crippen molar-refractivity contribution in [3.05, 3.63) is 24.3 Å². The third-order valence-corrected chi connectivity index (χ3v) is 4.52. The maximum absolute atomic E-state index is 12.1. The minimum Gasteiger partial charge on any atom is -0.495 e. The van der Waals surface area contributed by atoms with Crippen LogP contribution >= 0.6 is 0 Å². The number of para-hydroxylation sites is 2. The molecule has 0 atom stereocenters. The first-order valence-corrected chi connectivity index (χ1v) is 9.48. The van der Waals surface area contributed by atoms with E-state index < -0.39 is 10.0 Å². The summed E-state index contributed by atoms with van der Waals surface area (Å²) in [4.78, 5) is 11.9. The monoisotopic (exact) mass is 342 g/mol. The van der Waals surface area contributed by atoms with E-state index in [9.17, 15) is 13.2 Å². The minimum absolute atomic E-state index is 0.0761. The van der Waals surface area contributed by atoms with Crippen LogP contribution in [-0.4, -0.2) is 40.8 Å². The van der Waals surface area contributed by atoms with Crippen LogP contribution in [-0.2, 0) is 14.8 Å². The Kier molecular flexibility index (Phi) is 7.35. The van der Waals surface area contributed by atoms with E-state index in [0.717, 1.165) is 12.7 Å². The van der Waals surface area contributed by atoms with Gasteiger partial charge in [0.2, 0.25) is 15.9 Å². The third kappa shape index (κ3) is 6.48. The Morgan fingerprint density at radius 2 is 1.96 bits per heavy atom. The van der Waals surface area contributed by atoms with Crippen LogP contribution in [0.3, 0.4) is 0 Å². The summed E-state index contributed by atoms with van der Waals surface area (Å²) >= 11 is 0. The molecule has 1 rings (SSSR count). The number of carbonyl (C=O) groups excluding carboxylic acids is 1. The molecule has 1 aromatic rings. The first kappa shape index (κ1) is 19.3. The predicted octanol–water partition coefficient (Wildman–Crippen LogP) is 2.01. The molecular formula is C16H26N2O4S. The highest BCUT2D eigenvalue weighted by Gasteiger charge is 2.21. The zero-order valence-electron chi connectivity index (χ0n) is 14.2. The van der Waals surface area contributed by atoms with Crippen LogP contribution in [0.4, 0.5) is 5.69 Å². The van der Waals surface area contributed by atoms with Crippen molar-refractivity contribution in [2.45, 2.75) is 26.7 Å². The van der Waals surface area contributed by atoms with Crippen molar-refractivity contribution in [1.29, 1.82) is 0 Å². The number of hydrogen-bond acceptors (Lipinski definition) is 4. The maximum atomic E-state index is 12.1. The van der Waals surface area contributed by atoms with Gasteiger partial charge in [-0.3, -0.25) is 9.10 Å². The van der Waals surface area contributed by atoms with E-state index in [0.29, 0.717) is 23.9 Å². The lowest BCUT2D eigenvalue weighted by atomic mass is 10.1. The summed E-state index contributed by atoms with van der Waals surface area (Å²) in [5, 5.41) is 2.81. The van der Waals surface area contributed by atoms with Crippen LogP contribution in [0.2, 0.25) is 0 Å². The Labute approximate surface area is 138 Å². The SMILES string of the molecule is COc1ccccc1N(CCC(=O)NCCC(C)C)S(C)(=O)=O. The van der Waals surface area contributed by atoms with E-state index in [-0.39, 0.29) is 18.9 Å². The van der Waals surface area contributed by atoms with Crippen molar-refractivity contribution in [2.24, 2.45) is 5.92 Å². The van der Waals surface area contributed by atoms with Gasteiger partial charge in [-0.05, 0) is 24.5 Å². The van der Waals surface area contributed by atoms with E-state index in [4.69, 9.17) is 4.74 Å². The van der Waals surface area contributed by atoms with Crippen LogP contribution in [0.5, 0.6) is 5.75 Å². The maximum Gasteiger partial charge on any atom is 0.232 e. The molecule has 1 N–H and O–H groups in total. The average Bonchev–Trinajstić information content (AvgIpc) is 2.46. The highest BCUT2D eigenvalue weighted by atomic mass is 32.2. The highest BCUT2D eigenvalue weighted by Crippen LogP contribution is 2.29. The largest absolute Gasteiger partial charge is 0.495 e. The number of sulfonamides is 1. The van der Waals surface area contributed by atoms with Gasteiger partial charge in [0, 0.05) is 19.5 Å². The van der Waals surface area contributed by atoms with Gasteiger partial charge in [-0.25, -0.2) is 8.42 Å². The van der Waals surface area contributed by atoms with Gasteiger partial charge in [-0.15, -0.1) is 0 Å². The van der Waals surface area contributed by atoms with Gasteiger partial charge in [0.1, 0.15) is 5.75 Å². The molecule has 0 saturated carbocycles. The number of rotatable bonds is 9. The summed E-state index contributed by atoms with van der Waals surface area (Å²) in [6.07, 6.45) is 2.12. The summed E-state index contributed by atoms with van der Waals surface area (Å²) in [5.41, 5.74) is 0.437. The molecule has 0 heterocycles. The Balaban J connectivity index is 2.76. The summed E-state index contributed by atoms with van der Waals surface area (Å²) in [5.74, 6) is 0.809. The van der Waals surface area contributed by atoms with Gasteiger partial charge in [-0.2, -0.15) is 0 Å². The van der Waals surface area contributed by atoms with Gasteiger partial charge >= 0.3 is 0 Å². The molecule has 0 bridgehead atoms. The second-order valence-corrected chi connectivity index (χ2v) is 7.70. The zero-order chi connectivity index (χ0) is 17.5. The van der Waals surface area contributed by atoms with Crippen molar-refractivity contribution in [3.8, 4) is 5.75 Å². The molecular weight excluding hydrogens is 316 g/mol. The molecule has 0 aliphatic rings. The number of nitrogens with zero attached hydrogens (tertiary/aromatic N) is 1. The normalized spacial score (nSPS) is 11.3. The molecule has 1 amide bonds. The second kappa shape index (κ2) is 8.76. The molecule has 0 spiro atoms. The molecule has 0 saturated heterocycles. The molecule has 1 aromatic carbocycles. The summed E-state index contributed by atoms with van der Waals surface area (Å²) < 4.78 is 30.5. The van der Waals surface area contributed by atoms with Crippen LogP contribution in [0.15, 0.2) is 24.3 Å². The van der Waals surface area contributed by atoms with Gasteiger partial charge in [0.25, 0.3) is 0 Å². The number of methoxy groups -OCH3 is 1. The lowest BCUT2D eigenvalue weighted by molar-refractivity contribution is -0.120. The summed E-state index contributed by atoms with van der Waals surface area (Å²) in [6, 6.07) is 6.85. The van der Waals surface area contributed by atoms with Crippen LogP contribution < -0.4 is 14.4 Å². The fraction of sp³-hybridized carbons (Fsp3) is 0.562. The van der Waals surface area contributed by atoms with Crippen molar-refractivity contribution in [1.82, 2.24) is 5.32 Å². The molecule has 6 nitrogen and oxygen atoms in total. The van der Waals surface area contributed by atoms with Gasteiger partial charge in [0.05, 0.1) is 19.1 Å². The van der Waals surface area contributed by atoms with E-state index in [2.05, 4.69) is 19.2 Å². The molecule has 0 aliphatic heterocycles. The third-order valence-electron chi connectivity index (χ3n) is 3.34. The quantitative estimate of drug-likeness (QED) is 0.745. The number of benzene rings is 1. The standard InChI is InChI=1S/C16H26N2O4S/c1-13(2)9-11-17-16(19)10-12-18(23(4,20)21)14-7-5-6-8-15(14)22-3/h5-8,13H,9-12H2,1-4H3,(H,17,19). The first-order chi connectivity index (χ1) is 10.8. The van der Waals surface area contributed by atoms with E-state index >= 15 is 0 Å². The van der Waals surface area contributed by atoms with Gasteiger partial charge in [0.15, 0.2) is 0 Å². The average molecular weight is 342 g/mol. The smallest absolute Gasteiger partial charge is 0.232 e. The number of hydrogen-bond donors (Lipinski definition) is 1. The van der Waals surface area contributed by atoms with E-state index in [1.54, 1.807) is 24.3 Å². The van der Waals surface area contributed by atoms with Crippen LogP contribution in [0.25, 0.3) is 0 Å². The lowest BCUT2D eigenvalue weighted by Gasteiger charge is -2.24. The Morgan fingerprint density at radius 3 is 2.52 bits per heavy atom. The molecule has 0 aliphatic carbocycles. The first-order valence-electron chi connectivity index (χ1n) is 7.63. The van der Waals surface area contributed by atoms with Crippen molar-refractivity contribution < 1.29 is 17.9 Å².